The molecule has 0 spiro atoms. The largest absolute Gasteiger partial charge is 0.462 e. The van der Waals surface area contributed by atoms with Crippen LogP contribution in [-0.2, 0) is 22.4 Å². The van der Waals surface area contributed by atoms with Crippen LogP contribution in [-0.4, -0.2) is 18.5 Å². The number of hydrogen-bond acceptors (Lipinski definition) is 4. The summed E-state index contributed by atoms with van der Waals surface area (Å²) in [6.45, 7) is 4.63. The number of esters is 1. The molecular weight excluding hydrogens is 370 g/mol. The number of benzene rings is 1. The molecule has 4 rings (SSSR count). The van der Waals surface area contributed by atoms with Crippen molar-refractivity contribution >= 4 is 28.2 Å². The zero-order valence-corrected chi connectivity index (χ0v) is 17.3. The summed E-state index contributed by atoms with van der Waals surface area (Å²) in [7, 11) is 0. The van der Waals surface area contributed by atoms with E-state index in [9.17, 15) is 9.59 Å². The van der Waals surface area contributed by atoms with Gasteiger partial charge in [0.2, 0.25) is 5.91 Å². The van der Waals surface area contributed by atoms with E-state index in [0.29, 0.717) is 23.1 Å². The van der Waals surface area contributed by atoms with Gasteiger partial charge in [-0.05, 0) is 55.1 Å². The van der Waals surface area contributed by atoms with Gasteiger partial charge in [-0.15, -0.1) is 11.3 Å². The lowest BCUT2D eigenvalue weighted by molar-refractivity contribution is -0.117. The Morgan fingerprint density at radius 1 is 1.25 bits per heavy atom. The van der Waals surface area contributed by atoms with Gasteiger partial charge in [0.25, 0.3) is 0 Å². The molecule has 2 aliphatic rings. The van der Waals surface area contributed by atoms with Crippen LogP contribution >= 0.6 is 11.3 Å². The van der Waals surface area contributed by atoms with E-state index in [-0.39, 0.29) is 23.7 Å². The number of thiophene rings is 1. The SMILES string of the molecule is CCCOC(=O)c1c(NC(=O)[C@H]2C[C@H]2c2ccccc2)sc2c1CC[C@@H](C)C2. The van der Waals surface area contributed by atoms with Gasteiger partial charge in [-0.2, -0.15) is 0 Å². The molecule has 0 unspecified atom stereocenters. The van der Waals surface area contributed by atoms with Gasteiger partial charge in [-0.25, -0.2) is 4.79 Å². The fourth-order valence-corrected chi connectivity index (χ4v) is 5.48. The highest BCUT2D eigenvalue weighted by atomic mass is 32.1. The van der Waals surface area contributed by atoms with Crippen molar-refractivity contribution in [2.75, 3.05) is 11.9 Å². The first-order chi connectivity index (χ1) is 13.6. The van der Waals surface area contributed by atoms with Crippen LogP contribution in [0.4, 0.5) is 5.00 Å². The van der Waals surface area contributed by atoms with E-state index in [4.69, 9.17) is 4.74 Å². The Kier molecular flexibility index (Phi) is 5.54. The summed E-state index contributed by atoms with van der Waals surface area (Å²) in [5, 5.41) is 3.76. The van der Waals surface area contributed by atoms with Crippen LogP contribution in [0.2, 0.25) is 0 Å². The van der Waals surface area contributed by atoms with Crippen LogP contribution in [0.15, 0.2) is 30.3 Å². The number of ether oxygens (including phenoxy) is 1. The zero-order chi connectivity index (χ0) is 19.7. The van der Waals surface area contributed by atoms with Crippen LogP contribution < -0.4 is 5.32 Å². The van der Waals surface area contributed by atoms with Crippen LogP contribution in [0.25, 0.3) is 0 Å². The van der Waals surface area contributed by atoms with Crippen LogP contribution in [0.5, 0.6) is 0 Å². The number of carbonyl (C=O) groups is 2. The van der Waals surface area contributed by atoms with E-state index >= 15 is 0 Å². The number of fused-ring (bicyclic) bond motifs is 1. The van der Waals surface area contributed by atoms with E-state index in [0.717, 1.165) is 37.7 Å². The second-order valence-electron chi connectivity index (χ2n) is 8.04. The summed E-state index contributed by atoms with van der Waals surface area (Å²) in [4.78, 5) is 26.8. The lowest BCUT2D eigenvalue weighted by Gasteiger charge is -2.18. The highest BCUT2D eigenvalue weighted by Crippen LogP contribution is 2.48. The van der Waals surface area contributed by atoms with Crippen molar-refractivity contribution in [2.45, 2.75) is 51.9 Å². The van der Waals surface area contributed by atoms with Gasteiger partial charge in [-0.1, -0.05) is 44.2 Å². The average Bonchev–Trinajstić information content (AvgIpc) is 3.43. The van der Waals surface area contributed by atoms with Crippen LogP contribution in [0.3, 0.4) is 0 Å². The van der Waals surface area contributed by atoms with Gasteiger partial charge in [-0.3, -0.25) is 4.79 Å². The number of anilines is 1. The number of rotatable bonds is 6. The first-order valence-electron chi connectivity index (χ1n) is 10.3. The maximum atomic E-state index is 12.9. The Labute approximate surface area is 170 Å². The Morgan fingerprint density at radius 2 is 2.04 bits per heavy atom. The molecule has 1 fully saturated rings. The first kappa shape index (κ1) is 19.2. The third-order valence-corrected chi connectivity index (χ3v) is 6.91. The minimum absolute atomic E-state index is 0.0139. The second-order valence-corrected chi connectivity index (χ2v) is 9.15. The molecule has 1 aromatic carbocycles. The molecule has 1 saturated carbocycles. The van der Waals surface area contributed by atoms with Crippen molar-refractivity contribution in [3.05, 3.63) is 51.9 Å². The number of amides is 1. The summed E-state index contributed by atoms with van der Waals surface area (Å²) < 4.78 is 5.43. The molecule has 1 heterocycles. The number of carbonyl (C=O) groups excluding carboxylic acids is 2. The van der Waals surface area contributed by atoms with Gasteiger partial charge < -0.3 is 10.1 Å². The molecule has 1 N–H and O–H groups in total. The molecule has 148 valence electrons. The predicted molar refractivity (Wildman–Crippen MR) is 112 cm³/mol. The van der Waals surface area contributed by atoms with Crippen molar-refractivity contribution in [3.63, 3.8) is 0 Å². The highest BCUT2D eigenvalue weighted by molar-refractivity contribution is 7.17. The Morgan fingerprint density at radius 3 is 2.79 bits per heavy atom. The lowest BCUT2D eigenvalue weighted by Crippen LogP contribution is -2.18. The fourth-order valence-electron chi connectivity index (χ4n) is 4.08. The van der Waals surface area contributed by atoms with Gasteiger partial charge in [0.15, 0.2) is 0 Å². The topological polar surface area (TPSA) is 55.4 Å². The summed E-state index contributed by atoms with van der Waals surface area (Å²) in [5.74, 6) is 0.607. The molecule has 2 aromatic rings. The Hall–Kier alpha value is -2.14. The highest BCUT2D eigenvalue weighted by Gasteiger charge is 2.44. The van der Waals surface area contributed by atoms with Gasteiger partial charge >= 0.3 is 5.97 Å². The van der Waals surface area contributed by atoms with Gasteiger partial charge in [0.05, 0.1) is 12.2 Å². The van der Waals surface area contributed by atoms with Crippen LogP contribution in [0, 0.1) is 11.8 Å². The first-order valence-corrected chi connectivity index (χ1v) is 11.1. The smallest absolute Gasteiger partial charge is 0.341 e. The molecule has 5 heteroatoms. The Bertz CT molecular complexity index is 873. The van der Waals surface area contributed by atoms with Crippen molar-refractivity contribution < 1.29 is 14.3 Å². The van der Waals surface area contributed by atoms with E-state index in [1.807, 2.05) is 25.1 Å². The maximum Gasteiger partial charge on any atom is 0.341 e. The normalized spacial score (nSPS) is 23.0. The quantitative estimate of drug-likeness (QED) is 0.683. The van der Waals surface area contributed by atoms with Crippen molar-refractivity contribution in [2.24, 2.45) is 11.8 Å². The molecule has 0 radical (unpaired) electrons. The van der Waals surface area contributed by atoms with E-state index in [1.165, 1.54) is 10.4 Å². The predicted octanol–water partition coefficient (Wildman–Crippen LogP) is 5.18. The lowest BCUT2D eigenvalue weighted by atomic mass is 9.88. The molecule has 2 aliphatic carbocycles. The molecular formula is C23H27NO3S. The molecule has 4 nitrogen and oxygen atoms in total. The molecule has 0 saturated heterocycles. The second kappa shape index (κ2) is 8.08. The molecule has 1 amide bonds. The molecule has 0 aliphatic heterocycles. The number of hydrogen-bond donors (Lipinski definition) is 1. The monoisotopic (exact) mass is 397 g/mol. The molecule has 3 atom stereocenters. The zero-order valence-electron chi connectivity index (χ0n) is 16.5. The minimum atomic E-state index is -0.292. The van der Waals surface area contributed by atoms with Crippen molar-refractivity contribution in [1.29, 1.82) is 0 Å². The molecule has 1 aromatic heterocycles. The summed E-state index contributed by atoms with van der Waals surface area (Å²) in [5.41, 5.74) is 2.91. The summed E-state index contributed by atoms with van der Waals surface area (Å²) in [6, 6.07) is 10.2. The van der Waals surface area contributed by atoms with Gasteiger partial charge in [0, 0.05) is 10.8 Å². The third-order valence-electron chi connectivity index (χ3n) is 5.74. The van der Waals surface area contributed by atoms with Crippen molar-refractivity contribution in [3.8, 4) is 0 Å². The third kappa shape index (κ3) is 3.86. The fraction of sp³-hybridized carbons (Fsp3) is 0.478. The molecule has 0 bridgehead atoms. The standard InChI is InChI=1S/C23H27NO3S/c1-3-11-27-23(26)20-16-10-9-14(2)12-19(16)28-22(20)24-21(25)18-13-17(18)15-7-5-4-6-8-15/h4-8,14,17-18H,3,9-13H2,1-2H3,(H,24,25)/t14-,17+,18+/m1/s1. The number of nitrogens with one attached hydrogen (secondary N) is 1. The van der Waals surface area contributed by atoms with E-state index in [2.05, 4.69) is 24.4 Å². The maximum absolute atomic E-state index is 12.9. The molecule has 28 heavy (non-hydrogen) atoms. The summed E-state index contributed by atoms with van der Waals surface area (Å²) >= 11 is 1.57. The summed E-state index contributed by atoms with van der Waals surface area (Å²) in [6.07, 6.45) is 4.59. The minimum Gasteiger partial charge on any atom is -0.462 e. The van der Waals surface area contributed by atoms with Crippen molar-refractivity contribution in [1.82, 2.24) is 0 Å². The van der Waals surface area contributed by atoms with E-state index in [1.54, 1.807) is 11.3 Å². The van der Waals surface area contributed by atoms with Crippen LogP contribution in [0.1, 0.15) is 65.4 Å². The van der Waals surface area contributed by atoms with E-state index < -0.39 is 0 Å². The average molecular weight is 398 g/mol. The Balaban J connectivity index is 1.54. The van der Waals surface area contributed by atoms with Gasteiger partial charge in [0.1, 0.15) is 5.00 Å².